The average molecular weight is 220 g/mol. The highest BCUT2D eigenvalue weighted by molar-refractivity contribution is 6.41. The number of nitroso groups, excluding NO2 is 1. The van der Waals surface area contributed by atoms with E-state index < -0.39 is 5.91 Å². The summed E-state index contributed by atoms with van der Waals surface area (Å²) < 4.78 is 0. The molecule has 0 saturated heterocycles. The number of carbonyl (C=O) groups excluding carboxylic acids is 1. The molecule has 1 rings (SSSR count). The van der Waals surface area contributed by atoms with Crippen molar-refractivity contribution in [3.05, 3.63) is 39.2 Å². The molecule has 0 aliphatic rings. The van der Waals surface area contributed by atoms with Crippen molar-refractivity contribution in [3.8, 4) is 0 Å². The third-order valence-corrected chi connectivity index (χ3v) is 1.71. The van der Waals surface area contributed by atoms with Gasteiger partial charge in [0.2, 0.25) is 0 Å². The molecular weight excluding hydrogens is 213 g/mol. The molecule has 1 aromatic rings. The SMILES string of the molecule is CC(=O)N=O.Clc1ccccc1Cl. The first kappa shape index (κ1) is 12.1. The molecule has 5 heteroatoms. The lowest BCUT2D eigenvalue weighted by atomic mass is 10.4. The minimum absolute atomic E-state index is 0.606. The highest BCUT2D eigenvalue weighted by Crippen LogP contribution is 2.19. The summed E-state index contributed by atoms with van der Waals surface area (Å²) in [7, 11) is 0. The van der Waals surface area contributed by atoms with E-state index in [2.05, 4.69) is 0 Å². The molecule has 0 unspecified atom stereocenters. The van der Waals surface area contributed by atoms with E-state index in [9.17, 15) is 4.79 Å². The van der Waals surface area contributed by atoms with Crippen LogP contribution in [0.1, 0.15) is 6.92 Å². The monoisotopic (exact) mass is 219 g/mol. The van der Waals surface area contributed by atoms with Crippen LogP contribution in [0.15, 0.2) is 29.4 Å². The Balaban J connectivity index is 0.000000252. The van der Waals surface area contributed by atoms with Gasteiger partial charge in [0.15, 0.2) is 0 Å². The zero-order chi connectivity index (χ0) is 10.3. The Morgan fingerprint density at radius 2 is 1.54 bits per heavy atom. The Kier molecular flexibility index (Phi) is 6.10. The molecule has 0 fully saturated rings. The number of benzene rings is 1. The van der Waals surface area contributed by atoms with Gasteiger partial charge in [-0.3, -0.25) is 4.79 Å². The summed E-state index contributed by atoms with van der Waals surface area (Å²) in [5.74, 6) is -0.676. The van der Waals surface area contributed by atoms with E-state index in [1.54, 1.807) is 12.1 Å². The molecule has 3 nitrogen and oxygen atoms in total. The highest BCUT2D eigenvalue weighted by Gasteiger charge is 1.89. The van der Waals surface area contributed by atoms with Crippen LogP contribution in [-0.2, 0) is 4.79 Å². The van der Waals surface area contributed by atoms with Crippen molar-refractivity contribution < 1.29 is 4.79 Å². The second kappa shape index (κ2) is 6.57. The van der Waals surface area contributed by atoms with E-state index in [0.717, 1.165) is 6.92 Å². The molecule has 0 bridgehead atoms. The maximum atomic E-state index is 9.33. The molecule has 0 spiro atoms. The number of halogens is 2. The summed E-state index contributed by atoms with van der Waals surface area (Å²) in [6, 6.07) is 7.19. The van der Waals surface area contributed by atoms with Crippen molar-refractivity contribution in [1.82, 2.24) is 0 Å². The van der Waals surface area contributed by atoms with Crippen LogP contribution in [0.3, 0.4) is 0 Å². The smallest absolute Gasteiger partial charge is 0.269 e. The Morgan fingerprint density at radius 1 is 1.23 bits per heavy atom. The van der Waals surface area contributed by atoms with Gasteiger partial charge in [0.1, 0.15) is 0 Å². The van der Waals surface area contributed by atoms with Crippen molar-refractivity contribution in [2.75, 3.05) is 0 Å². The minimum atomic E-state index is -0.676. The molecular formula is C8H7Cl2NO2. The van der Waals surface area contributed by atoms with E-state index in [0.29, 0.717) is 10.0 Å². The van der Waals surface area contributed by atoms with Crippen LogP contribution in [0.25, 0.3) is 0 Å². The van der Waals surface area contributed by atoms with E-state index in [1.807, 2.05) is 17.3 Å². The van der Waals surface area contributed by atoms with Crippen molar-refractivity contribution in [2.45, 2.75) is 6.92 Å². The maximum absolute atomic E-state index is 9.33. The summed E-state index contributed by atoms with van der Waals surface area (Å²) in [5, 5.41) is 3.21. The first-order chi connectivity index (χ1) is 6.07. The summed E-state index contributed by atoms with van der Waals surface area (Å²) in [6.45, 7) is 1.10. The van der Waals surface area contributed by atoms with Gasteiger partial charge >= 0.3 is 0 Å². The van der Waals surface area contributed by atoms with Crippen LogP contribution in [0.4, 0.5) is 0 Å². The molecule has 13 heavy (non-hydrogen) atoms. The quantitative estimate of drug-likeness (QED) is 0.629. The molecule has 0 heterocycles. The van der Waals surface area contributed by atoms with Crippen LogP contribution in [0, 0.1) is 4.91 Å². The second-order valence-corrected chi connectivity index (χ2v) is 2.84. The van der Waals surface area contributed by atoms with Crippen molar-refractivity contribution in [2.24, 2.45) is 5.18 Å². The van der Waals surface area contributed by atoms with Crippen molar-refractivity contribution in [1.29, 1.82) is 0 Å². The molecule has 0 aliphatic heterocycles. The van der Waals surface area contributed by atoms with Gasteiger partial charge in [-0.2, -0.15) is 0 Å². The molecule has 0 aliphatic carbocycles. The van der Waals surface area contributed by atoms with Crippen LogP contribution in [0.5, 0.6) is 0 Å². The van der Waals surface area contributed by atoms with Gasteiger partial charge in [0.05, 0.1) is 10.0 Å². The number of nitrogens with zero attached hydrogens (tertiary/aromatic N) is 1. The standard InChI is InChI=1S/C6H4Cl2.C2H3NO2/c7-5-3-1-2-4-6(5)8;1-2(4)3-5/h1-4H;1H3. The summed E-state index contributed by atoms with van der Waals surface area (Å²) in [5.41, 5.74) is 0. The highest BCUT2D eigenvalue weighted by atomic mass is 35.5. The van der Waals surface area contributed by atoms with Gasteiger partial charge in [-0.15, -0.1) is 4.91 Å². The predicted molar refractivity (Wildman–Crippen MR) is 52.9 cm³/mol. The fourth-order valence-corrected chi connectivity index (χ4v) is 0.711. The largest absolute Gasteiger partial charge is 0.283 e. The fourth-order valence-electron chi connectivity index (χ4n) is 0.439. The zero-order valence-electron chi connectivity index (χ0n) is 6.83. The fraction of sp³-hybridized carbons (Fsp3) is 0.125. The number of hydrogen-bond donors (Lipinski definition) is 0. The van der Waals surface area contributed by atoms with Crippen LogP contribution in [0.2, 0.25) is 10.0 Å². The summed E-state index contributed by atoms with van der Waals surface area (Å²) in [4.78, 5) is 18.2. The van der Waals surface area contributed by atoms with Gasteiger partial charge in [-0.25, -0.2) is 0 Å². The third-order valence-electron chi connectivity index (χ3n) is 0.953. The van der Waals surface area contributed by atoms with Crippen molar-refractivity contribution >= 4 is 29.1 Å². The van der Waals surface area contributed by atoms with E-state index >= 15 is 0 Å². The molecule has 0 atom stereocenters. The molecule has 0 N–H and O–H groups in total. The molecule has 0 saturated carbocycles. The third kappa shape index (κ3) is 6.25. The van der Waals surface area contributed by atoms with Crippen LogP contribution < -0.4 is 0 Å². The number of amides is 1. The Hall–Kier alpha value is -0.930. The van der Waals surface area contributed by atoms with Crippen LogP contribution in [-0.4, -0.2) is 5.91 Å². The number of carbonyl (C=O) groups is 1. The topological polar surface area (TPSA) is 46.5 Å². The lowest BCUT2D eigenvalue weighted by Crippen LogP contribution is -1.74. The van der Waals surface area contributed by atoms with Crippen LogP contribution >= 0.6 is 23.2 Å². The molecule has 0 radical (unpaired) electrons. The molecule has 0 aromatic heterocycles. The average Bonchev–Trinajstić information content (AvgIpc) is 2.11. The van der Waals surface area contributed by atoms with Gasteiger partial charge < -0.3 is 0 Å². The van der Waals surface area contributed by atoms with E-state index in [4.69, 9.17) is 28.1 Å². The molecule has 1 aromatic carbocycles. The first-order valence-electron chi connectivity index (χ1n) is 3.32. The lowest BCUT2D eigenvalue weighted by Gasteiger charge is -1.88. The first-order valence-corrected chi connectivity index (χ1v) is 4.07. The van der Waals surface area contributed by atoms with E-state index in [1.165, 1.54) is 0 Å². The molecule has 70 valence electrons. The maximum Gasteiger partial charge on any atom is 0.283 e. The minimum Gasteiger partial charge on any atom is -0.269 e. The lowest BCUT2D eigenvalue weighted by molar-refractivity contribution is -0.115. The van der Waals surface area contributed by atoms with Gasteiger partial charge in [0.25, 0.3) is 5.91 Å². The predicted octanol–water partition coefficient (Wildman–Crippen LogP) is 3.29. The summed E-state index contributed by atoms with van der Waals surface area (Å²) in [6.07, 6.45) is 0. The van der Waals surface area contributed by atoms with Crippen molar-refractivity contribution in [3.63, 3.8) is 0 Å². The normalized spacial score (nSPS) is 8.23. The number of hydrogen-bond acceptors (Lipinski definition) is 2. The number of rotatable bonds is 0. The second-order valence-electron chi connectivity index (χ2n) is 2.02. The summed E-state index contributed by atoms with van der Waals surface area (Å²) >= 11 is 11.2. The Labute approximate surface area is 85.6 Å². The Morgan fingerprint density at radius 3 is 1.69 bits per heavy atom. The zero-order valence-corrected chi connectivity index (χ0v) is 8.34. The van der Waals surface area contributed by atoms with Gasteiger partial charge in [0, 0.05) is 12.1 Å². The Bertz CT molecular complexity index is 281. The van der Waals surface area contributed by atoms with E-state index in [-0.39, 0.29) is 0 Å². The molecule has 1 amide bonds. The van der Waals surface area contributed by atoms with Gasteiger partial charge in [-0.05, 0) is 12.1 Å². The van der Waals surface area contributed by atoms with Gasteiger partial charge in [-0.1, -0.05) is 35.3 Å².